The molecule has 136 valence electrons. The molecule has 0 bridgehead atoms. The topological polar surface area (TPSA) is 79.8 Å². The zero-order valence-electron chi connectivity index (χ0n) is 14.0. The second-order valence-electron chi connectivity index (χ2n) is 5.36. The van der Waals surface area contributed by atoms with Gasteiger partial charge in [-0.05, 0) is 55.5 Å². The smallest absolute Gasteiger partial charge is 0.277 e. The van der Waals surface area contributed by atoms with Gasteiger partial charge in [-0.1, -0.05) is 15.9 Å². The van der Waals surface area contributed by atoms with Gasteiger partial charge in [0, 0.05) is 15.9 Å². The SMILES string of the molecule is CC(CC(=O)Nc1ccc(F)cc1)=NNC(=O)COc1ccc(Br)cc1. The lowest BCUT2D eigenvalue weighted by Crippen LogP contribution is -2.26. The largest absolute Gasteiger partial charge is 0.484 e. The Kier molecular flexibility index (Phi) is 7.28. The summed E-state index contributed by atoms with van der Waals surface area (Å²) in [5, 5.41) is 6.47. The van der Waals surface area contributed by atoms with E-state index in [9.17, 15) is 14.0 Å². The molecule has 8 heteroatoms. The van der Waals surface area contributed by atoms with Gasteiger partial charge in [-0.15, -0.1) is 0 Å². The van der Waals surface area contributed by atoms with Crippen LogP contribution in [0.3, 0.4) is 0 Å². The quantitative estimate of drug-likeness (QED) is 0.530. The third-order valence-electron chi connectivity index (χ3n) is 3.10. The molecule has 6 nitrogen and oxygen atoms in total. The van der Waals surface area contributed by atoms with Gasteiger partial charge in [0.1, 0.15) is 11.6 Å². The van der Waals surface area contributed by atoms with Crippen LogP contribution in [0.25, 0.3) is 0 Å². The molecular weight excluding hydrogens is 405 g/mol. The number of halogens is 2. The number of rotatable bonds is 7. The summed E-state index contributed by atoms with van der Waals surface area (Å²) in [6, 6.07) is 12.5. The van der Waals surface area contributed by atoms with Crippen molar-refractivity contribution in [1.29, 1.82) is 0 Å². The van der Waals surface area contributed by atoms with Crippen LogP contribution in [0.2, 0.25) is 0 Å². The zero-order chi connectivity index (χ0) is 18.9. The Hall–Kier alpha value is -2.74. The average Bonchev–Trinajstić information content (AvgIpc) is 2.61. The summed E-state index contributed by atoms with van der Waals surface area (Å²) in [7, 11) is 0. The number of nitrogens with zero attached hydrogens (tertiary/aromatic N) is 1. The third-order valence-corrected chi connectivity index (χ3v) is 3.63. The van der Waals surface area contributed by atoms with E-state index in [1.807, 2.05) is 0 Å². The molecule has 2 N–H and O–H groups in total. The van der Waals surface area contributed by atoms with Gasteiger partial charge in [0.25, 0.3) is 5.91 Å². The molecule has 0 saturated carbocycles. The van der Waals surface area contributed by atoms with E-state index >= 15 is 0 Å². The van der Waals surface area contributed by atoms with Crippen molar-refractivity contribution in [2.45, 2.75) is 13.3 Å². The number of hydrogen-bond donors (Lipinski definition) is 2. The van der Waals surface area contributed by atoms with Crippen molar-refractivity contribution in [1.82, 2.24) is 5.43 Å². The number of nitrogens with one attached hydrogen (secondary N) is 2. The van der Waals surface area contributed by atoms with Crippen LogP contribution in [0.5, 0.6) is 5.75 Å². The second-order valence-corrected chi connectivity index (χ2v) is 6.27. The first-order valence-electron chi connectivity index (χ1n) is 7.68. The number of benzene rings is 2. The molecule has 2 aromatic rings. The number of ether oxygens (including phenoxy) is 1. The Bertz CT molecular complexity index is 792. The predicted molar refractivity (Wildman–Crippen MR) is 101 cm³/mol. The Morgan fingerprint density at radius 1 is 1.08 bits per heavy atom. The number of hydrazone groups is 1. The Balaban J connectivity index is 1.74. The van der Waals surface area contributed by atoms with Crippen molar-refractivity contribution in [3.63, 3.8) is 0 Å². The minimum atomic E-state index is -0.439. The number of carbonyl (C=O) groups excluding carboxylic acids is 2. The van der Waals surface area contributed by atoms with Gasteiger partial charge >= 0.3 is 0 Å². The van der Waals surface area contributed by atoms with Crippen molar-refractivity contribution in [2.24, 2.45) is 5.10 Å². The van der Waals surface area contributed by atoms with Crippen molar-refractivity contribution in [2.75, 3.05) is 11.9 Å². The van der Waals surface area contributed by atoms with Gasteiger partial charge in [-0.25, -0.2) is 9.82 Å². The van der Waals surface area contributed by atoms with Crippen LogP contribution >= 0.6 is 15.9 Å². The maximum absolute atomic E-state index is 12.8. The van der Waals surface area contributed by atoms with Gasteiger partial charge in [0.15, 0.2) is 6.61 Å². The lowest BCUT2D eigenvalue weighted by molar-refractivity contribution is -0.123. The minimum absolute atomic E-state index is 0.00870. The van der Waals surface area contributed by atoms with E-state index in [1.54, 1.807) is 31.2 Å². The highest BCUT2D eigenvalue weighted by atomic mass is 79.9. The standard InChI is InChI=1S/C18H17BrFN3O3/c1-12(10-17(24)21-15-6-4-14(20)5-7-15)22-23-18(25)11-26-16-8-2-13(19)3-9-16/h2-9H,10-11H2,1H3,(H,21,24)(H,23,25). The summed E-state index contributed by atoms with van der Waals surface area (Å²) in [4.78, 5) is 23.6. The molecular formula is C18H17BrFN3O3. The Morgan fingerprint density at radius 3 is 2.38 bits per heavy atom. The molecule has 2 rings (SSSR count). The first-order chi connectivity index (χ1) is 12.4. The zero-order valence-corrected chi connectivity index (χ0v) is 15.5. The van der Waals surface area contributed by atoms with Crippen molar-refractivity contribution in [3.05, 3.63) is 58.8 Å². The normalized spacial score (nSPS) is 11.0. The molecule has 0 saturated heterocycles. The van der Waals surface area contributed by atoms with Crippen LogP contribution in [0.15, 0.2) is 58.1 Å². The summed E-state index contributed by atoms with van der Waals surface area (Å²) < 4.78 is 19.0. The maximum Gasteiger partial charge on any atom is 0.277 e. The van der Waals surface area contributed by atoms with Gasteiger partial charge in [0.2, 0.25) is 5.91 Å². The summed E-state index contributed by atoms with van der Waals surface area (Å²) >= 11 is 3.31. The van der Waals surface area contributed by atoms with Crippen molar-refractivity contribution >= 4 is 39.1 Å². The lowest BCUT2D eigenvalue weighted by atomic mass is 10.2. The van der Waals surface area contributed by atoms with E-state index in [1.165, 1.54) is 24.3 Å². The minimum Gasteiger partial charge on any atom is -0.484 e. The molecule has 2 aromatic carbocycles. The highest BCUT2D eigenvalue weighted by molar-refractivity contribution is 9.10. The summed E-state index contributed by atoms with van der Waals surface area (Å²) in [6.45, 7) is 1.42. The summed E-state index contributed by atoms with van der Waals surface area (Å²) in [5.74, 6) is -0.582. The van der Waals surface area contributed by atoms with Gasteiger partial charge in [-0.3, -0.25) is 9.59 Å². The fourth-order valence-electron chi connectivity index (χ4n) is 1.88. The molecule has 0 aliphatic rings. The summed E-state index contributed by atoms with van der Waals surface area (Å²) in [5.41, 5.74) is 3.23. The molecule has 2 amide bonds. The number of carbonyl (C=O) groups is 2. The second kappa shape index (κ2) is 9.67. The molecule has 0 heterocycles. The molecule has 0 aromatic heterocycles. The number of anilines is 1. The van der Waals surface area contributed by atoms with Crippen molar-refractivity contribution in [3.8, 4) is 5.75 Å². The van der Waals surface area contributed by atoms with Crippen molar-refractivity contribution < 1.29 is 18.7 Å². The molecule has 0 radical (unpaired) electrons. The van der Waals surface area contributed by atoms with E-state index in [4.69, 9.17) is 4.74 Å². The molecule has 0 atom stereocenters. The molecule has 0 fully saturated rings. The number of amides is 2. The molecule has 0 unspecified atom stereocenters. The van der Waals surface area contributed by atoms with Gasteiger partial charge in [0.05, 0.1) is 6.42 Å². The fourth-order valence-corrected chi connectivity index (χ4v) is 2.14. The highest BCUT2D eigenvalue weighted by Crippen LogP contribution is 2.15. The van der Waals surface area contributed by atoms with Crippen LogP contribution in [0.1, 0.15) is 13.3 Å². The average molecular weight is 422 g/mol. The van der Waals surface area contributed by atoms with E-state index in [2.05, 4.69) is 31.8 Å². The van der Waals surface area contributed by atoms with Gasteiger partial charge < -0.3 is 10.1 Å². The van der Waals surface area contributed by atoms with Crippen LogP contribution in [-0.2, 0) is 9.59 Å². The first kappa shape index (κ1) is 19.6. The van der Waals surface area contributed by atoms with E-state index in [0.717, 1.165) is 4.47 Å². The Labute approximate surface area is 158 Å². The van der Waals surface area contributed by atoms with Crippen LogP contribution < -0.4 is 15.5 Å². The molecule has 0 aliphatic heterocycles. The highest BCUT2D eigenvalue weighted by Gasteiger charge is 2.06. The molecule has 0 aliphatic carbocycles. The predicted octanol–water partition coefficient (Wildman–Crippen LogP) is 3.49. The van der Waals surface area contributed by atoms with E-state index < -0.39 is 5.91 Å². The molecule has 26 heavy (non-hydrogen) atoms. The molecule has 0 spiro atoms. The van der Waals surface area contributed by atoms with Crippen LogP contribution in [-0.4, -0.2) is 24.1 Å². The third kappa shape index (κ3) is 7.02. The monoisotopic (exact) mass is 421 g/mol. The van der Waals surface area contributed by atoms with Gasteiger partial charge in [-0.2, -0.15) is 5.10 Å². The number of hydrogen-bond acceptors (Lipinski definition) is 4. The van der Waals surface area contributed by atoms with E-state index in [-0.39, 0.29) is 24.8 Å². The van der Waals surface area contributed by atoms with E-state index in [0.29, 0.717) is 17.1 Å². The fraction of sp³-hybridized carbons (Fsp3) is 0.167. The lowest BCUT2D eigenvalue weighted by Gasteiger charge is -2.07. The Morgan fingerprint density at radius 2 is 1.73 bits per heavy atom. The van der Waals surface area contributed by atoms with Crippen LogP contribution in [0, 0.1) is 5.82 Å². The van der Waals surface area contributed by atoms with Crippen LogP contribution in [0.4, 0.5) is 10.1 Å². The summed E-state index contributed by atoms with van der Waals surface area (Å²) in [6.07, 6.45) is -0.00870. The first-order valence-corrected chi connectivity index (χ1v) is 8.47. The maximum atomic E-state index is 12.8.